The third-order valence-electron chi connectivity index (χ3n) is 5.63. The normalized spacial score (nSPS) is 14.3. The van der Waals surface area contributed by atoms with Crippen molar-refractivity contribution < 1.29 is 29.8 Å². The van der Waals surface area contributed by atoms with Crippen molar-refractivity contribution in [2.75, 3.05) is 0 Å². The van der Waals surface area contributed by atoms with Crippen molar-refractivity contribution in [1.82, 2.24) is 0 Å². The second-order valence-corrected chi connectivity index (χ2v) is 36.4. The van der Waals surface area contributed by atoms with E-state index in [0.717, 1.165) is 6.04 Å². The summed E-state index contributed by atoms with van der Waals surface area (Å²) < 4.78 is 40.0. The second kappa shape index (κ2) is 15.2. The van der Waals surface area contributed by atoms with Gasteiger partial charge in [0, 0.05) is 17.7 Å². The van der Waals surface area contributed by atoms with E-state index in [2.05, 4.69) is 93.6 Å². The fraction of sp³-hybridized carbons (Fsp3) is 0.885. The summed E-state index contributed by atoms with van der Waals surface area (Å²) in [7, 11) is -15.2. The zero-order chi connectivity index (χ0) is 31.1. The molecular weight excluding hydrogens is 593 g/mol. The Morgan fingerprint density at radius 3 is 1.36 bits per heavy atom. The highest BCUT2D eigenvalue weighted by Crippen LogP contribution is 2.34. The SMILES string of the molecule is C=C(C)C(=O)O[Si](CC(C)C)(CC(C)C)O[Si](C)(C)O[Si](C)(C)O[Si](C)(C)O[Si](C)(C)O[Si](C)(C)CCCC. The van der Waals surface area contributed by atoms with Crippen molar-refractivity contribution in [1.29, 1.82) is 0 Å². The predicted octanol–water partition coefficient (Wildman–Crippen LogP) is 8.76. The van der Waals surface area contributed by atoms with Crippen LogP contribution in [0.25, 0.3) is 0 Å². The van der Waals surface area contributed by atoms with Crippen molar-refractivity contribution in [3.05, 3.63) is 12.2 Å². The minimum atomic E-state index is -2.95. The number of hydrogen-bond acceptors (Lipinski definition) is 7. The molecule has 0 atom stereocenters. The first-order chi connectivity index (χ1) is 17.3. The first kappa shape index (κ1) is 39.3. The van der Waals surface area contributed by atoms with Gasteiger partial charge < -0.3 is 25.0 Å². The molecule has 0 spiro atoms. The largest absolute Gasteiger partial charge is 0.491 e. The summed E-state index contributed by atoms with van der Waals surface area (Å²) >= 11 is 0. The minimum absolute atomic E-state index is 0.316. The molecule has 0 amide bonds. The first-order valence-electron chi connectivity index (χ1n) is 14.7. The van der Waals surface area contributed by atoms with Crippen molar-refractivity contribution in [3.63, 3.8) is 0 Å². The van der Waals surface area contributed by atoms with Crippen molar-refractivity contribution in [3.8, 4) is 0 Å². The van der Waals surface area contributed by atoms with E-state index in [-0.39, 0.29) is 5.97 Å². The molecule has 0 radical (unpaired) electrons. The molecule has 0 aliphatic carbocycles. The summed E-state index contributed by atoms with van der Waals surface area (Å²) in [4.78, 5) is 12.7. The highest BCUT2D eigenvalue weighted by Gasteiger charge is 2.51. The molecule has 0 heterocycles. The van der Waals surface area contributed by atoms with Gasteiger partial charge in [0.15, 0.2) is 8.32 Å². The van der Waals surface area contributed by atoms with E-state index in [4.69, 9.17) is 25.0 Å². The van der Waals surface area contributed by atoms with E-state index in [0.29, 0.717) is 29.5 Å². The molecule has 7 nitrogen and oxygen atoms in total. The Hall–Kier alpha value is 0.311. The van der Waals surface area contributed by atoms with Gasteiger partial charge in [-0.15, -0.1) is 0 Å². The van der Waals surface area contributed by atoms with Gasteiger partial charge in [-0.05, 0) is 90.3 Å². The van der Waals surface area contributed by atoms with Crippen LogP contribution >= 0.6 is 0 Å². The second-order valence-electron chi connectivity index (χ2n) is 14.2. The van der Waals surface area contributed by atoms with Crippen molar-refractivity contribution in [2.24, 2.45) is 11.8 Å². The van der Waals surface area contributed by atoms with Crippen LogP contribution in [0, 0.1) is 11.8 Å². The maximum absolute atomic E-state index is 12.7. The maximum atomic E-state index is 12.7. The third-order valence-corrected chi connectivity index (χ3v) is 30.0. The lowest BCUT2D eigenvalue weighted by atomic mass is 10.3. The fourth-order valence-electron chi connectivity index (χ4n) is 5.40. The minimum Gasteiger partial charge on any atom is -0.491 e. The smallest absolute Gasteiger partial charge is 0.393 e. The van der Waals surface area contributed by atoms with Gasteiger partial charge in [-0.2, -0.15) is 0 Å². The average Bonchev–Trinajstić information content (AvgIpc) is 2.59. The summed E-state index contributed by atoms with van der Waals surface area (Å²) in [5.74, 6) is 0.258. The molecule has 0 aromatic heterocycles. The number of unbranched alkanes of at least 4 members (excludes halogenated alkanes) is 1. The van der Waals surface area contributed by atoms with Crippen LogP contribution in [0.1, 0.15) is 54.4 Å². The summed E-state index contributed by atoms with van der Waals surface area (Å²) in [6, 6.07) is 2.57. The van der Waals surface area contributed by atoms with Crippen LogP contribution < -0.4 is 0 Å². The molecule has 0 aromatic rings. The van der Waals surface area contributed by atoms with E-state index in [1.54, 1.807) is 6.92 Å². The van der Waals surface area contributed by atoms with E-state index >= 15 is 0 Å². The Labute approximate surface area is 248 Å². The monoisotopic (exact) mass is 654 g/mol. The van der Waals surface area contributed by atoms with E-state index in [1.807, 2.05) is 13.1 Å². The Kier molecular flexibility index (Phi) is 15.3. The Bertz CT molecular complexity index is 788. The van der Waals surface area contributed by atoms with Crippen LogP contribution in [-0.4, -0.2) is 57.1 Å². The van der Waals surface area contributed by atoms with Gasteiger partial charge in [0.05, 0.1) is 0 Å². The van der Waals surface area contributed by atoms with Gasteiger partial charge in [0.1, 0.15) is 0 Å². The van der Waals surface area contributed by atoms with Crippen LogP contribution in [0.15, 0.2) is 12.2 Å². The summed E-state index contributed by atoms with van der Waals surface area (Å²) in [5, 5.41) is 0. The first-order valence-corrected chi connectivity index (χ1v) is 31.3. The van der Waals surface area contributed by atoms with E-state index < -0.39 is 51.1 Å². The van der Waals surface area contributed by atoms with E-state index in [1.165, 1.54) is 12.8 Å². The summed E-state index contributed by atoms with van der Waals surface area (Å²) in [6.45, 7) is 37.5. The molecule has 0 saturated carbocycles. The molecule has 0 rings (SSSR count). The van der Waals surface area contributed by atoms with Crippen LogP contribution in [0.4, 0.5) is 0 Å². The van der Waals surface area contributed by atoms with Gasteiger partial charge >= 0.3 is 48.8 Å². The molecule has 39 heavy (non-hydrogen) atoms. The molecule has 0 aliphatic heterocycles. The predicted molar refractivity (Wildman–Crippen MR) is 178 cm³/mol. The van der Waals surface area contributed by atoms with Gasteiger partial charge in [0.2, 0.25) is 0 Å². The molecule has 0 bridgehead atoms. The van der Waals surface area contributed by atoms with Crippen LogP contribution in [-0.2, 0) is 29.8 Å². The van der Waals surface area contributed by atoms with Crippen LogP contribution in [0.2, 0.25) is 83.6 Å². The molecule has 13 heteroatoms. The average molecular weight is 655 g/mol. The molecule has 0 fully saturated rings. The van der Waals surface area contributed by atoms with Gasteiger partial charge in [-0.25, -0.2) is 4.79 Å². The molecule has 232 valence electrons. The maximum Gasteiger partial charge on any atom is 0.393 e. The number of hydrogen-bond donors (Lipinski definition) is 0. The van der Waals surface area contributed by atoms with Crippen LogP contribution in [0.5, 0.6) is 0 Å². The molecular formula is C26H62O7Si6. The Morgan fingerprint density at radius 1 is 0.667 bits per heavy atom. The highest BCUT2D eigenvalue weighted by molar-refractivity contribution is 6.91. The molecule has 0 aliphatic rings. The quantitative estimate of drug-likeness (QED) is 0.102. The molecule has 0 unspecified atom stereocenters. The van der Waals surface area contributed by atoms with Crippen molar-refractivity contribution >= 4 is 57.1 Å². The summed E-state index contributed by atoms with van der Waals surface area (Å²) in [6.07, 6.45) is 2.37. The Balaban J connectivity index is 5.81. The third kappa shape index (κ3) is 17.1. The molecule has 0 N–H and O–H groups in total. The van der Waals surface area contributed by atoms with Gasteiger partial charge in [-0.3, -0.25) is 0 Å². The van der Waals surface area contributed by atoms with E-state index in [9.17, 15) is 4.79 Å². The Morgan fingerprint density at radius 2 is 1.03 bits per heavy atom. The standard InChI is InChI=1S/C26H62O7Si6/c1-18-19-20-34(8,9)29-35(10,11)30-36(12,13)31-37(14,15)32-38(16,17)33-39(21-23(2)3,22-24(4)5)28-26(27)25(6)7/h23-24H,6,18-22H2,1-5,7-17H3. The highest BCUT2D eigenvalue weighted by atomic mass is 28.5. The van der Waals surface area contributed by atoms with Gasteiger partial charge in [-0.1, -0.05) is 54.0 Å². The number of carbonyl (C=O) groups is 1. The number of carbonyl (C=O) groups excluding carboxylic acids is 1. The number of rotatable bonds is 19. The molecule has 0 aromatic carbocycles. The lowest BCUT2D eigenvalue weighted by Crippen LogP contribution is -2.61. The lowest BCUT2D eigenvalue weighted by molar-refractivity contribution is -0.132. The fourth-order valence-corrected chi connectivity index (χ4v) is 36.5. The zero-order valence-electron chi connectivity index (χ0n) is 28.3. The summed E-state index contributed by atoms with van der Waals surface area (Å²) in [5.41, 5.74) is 0.390. The topological polar surface area (TPSA) is 72.5 Å². The van der Waals surface area contributed by atoms with Gasteiger partial charge in [0.25, 0.3) is 0 Å². The van der Waals surface area contributed by atoms with Crippen molar-refractivity contribution in [2.45, 2.75) is 138 Å². The molecule has 0 saturated heterocycles. The lowest BCUT2D eigenvalue weighted by Gasteiger charge is -2.44. The van der Waals surface area contributed by atoms with Crippen LogP contribution in [0.3, 0.4) is 0 Å². The zero-order valence-corrected chi connectivity index (χ0v) is 34.3.